The minimum Gasteiger partial charge on any atom is -0.464 e. The third-order valence-electron chi connectivity index (χ3n) is 4.88. The van der Waals surface area contributed by atoms with Crippen LogP contribution in [0, 0.1) is 17.2 Å². The number of aromatic nitrogens is 1. The summed E-state index contributed by atoms with van der Waals surface area (Å²) in [5.74, 6) is -0.112. The molecule has 7 heteroatoms. The highest BCUT2D eigenvalue weighted by Gasteiger charge is 2.24. The molecule has 27 heavy (non-hydrogen) atoms. The lowest BCUT2D eigenvalue weighted by Gasteiger charge is -2.31. The number of ether oxygens (including phenoxy) is 1. The van der Waals surface area contributed by atoms with E-state index >= 15 is 0 Å². The maximum absolute atomic E-state index is 12.7. The van der Waals surface area contributed by atoms with Crippen molar-refractivity contribution >= 4 is 17.6 Å². The summed E-state index contributed by atoms with van der Waals surface area (Å²) >= 11 is 0. The van der Waals surface area contributed by atoms with Crippen molar-refractivity contribution in [2.75, 3.05) is 25.9 Å². The van der Waals surface area contributed by atoms with Gasteiger partial charge >= 0.3 is 5.97 Å². The molecule has 1 unspecified atom stereocenters. The zero-order valence-electron chi connectivity index (χ0n) is 15.4. The summed E-state index contributed by atoms with van der Waals surface area (Å²) in [6.07, 6.45) is 3.66. The van der Waals surface area contributed by atoms with Gasteiger partial charge < -0.3 is 19.9 Å². The fraction of sp³-hybridized carbons (Fsp3) is 0.350. The van der Waals surface area contributed by atoms with Crippen molar-refractivity contribution in [3.8, 4) is 11.8 Å². The van der Waals surface area contributed by atoms with Gasteiger partial charge in [-0.3, -0.25) is 4.79 Å². The number of esters is 1. The van der Waals surface area contributed by atoms with Crippen molar-refractivity contribution in [1.29, 1.82) is 5.26 Å². The summed E-state index contributed by atoms with van der Waals surface area (Å²) in [4.78, 5) is 26.7. The Bertz CT molecular complexity index is 909. The number of nitrogen functional groups attached to an aromatic ring is 1. The quantitative estimate of drug-likeness (QED) is 0.841. The molecular formula is C20H22N4O3. The third-order valence-corrected chi connectivity index (χ3v) is 4.88. The Morgan fingerprint density at radius 2 is 2.00 bits per heavy atom. The minimum atomic E-state index is -0.628. The van der Waals surface area contributed by atoms with Crippen LogP contribution in [0.4, 0.5) is 5.69 Å². The van der Waals surface area contributed by atoms with Gasteiger partial charge in [0.05, 0.1) is 18.4 Å². The number of anilines is 1. The number of piperidine rings is 1. The van der Waals surface area contributed by atoms with E-state index in [-0.39, 0.29) is 22.9 Å². The molecule has 1 aliphatic rings. The van der Waals surface area contributed by atoms with Gasteiger partial charge in [0.15, 0.2) is 5.69 Å². The van der Waals surface area contributed by atoms with E-state index in [4.69, 9.17) is 10.5 Å². The lowest BCUT2D eigenvalue weighted by Crippen LogP contribution is -2.39. The van der Waals surface area contributed by atoms with Crippen molar-refractivity contribution in [2.24, 2.45) is 5.92 Å². The third kappa shape index (κ3) is 3.51. The maximum Gasteiger partial charge on any atom is 0.357 e. The predicted molar refractivity (Wildman–Crippen MR) is 101 cm³/mol. The molecule has 1 saturated heterocycles. The molecule has 7 nitrogen and oxygen atoms in total. The zero-order chi connectivity index (χ0) is 19.6. The smallest absolute Gasteiger partial charge is 0.357 e. The Labute approximate surface area is 157 Å². The van der Waals surface area contributed by atoms with Gasteiger partial charge in [0.1, 0.15) is 6.07 Å². The number of nitrogens with two attached hydrogens (primary N) is 1. The average molecular weight is 366 g/mol. The van der Waals surface area contributed by atoms with Crippen molar-refractivity contribution in [2.45, 2.75) is 19.8 Å². The molecule has 0 radical (unpaired) electrons. The van der Waals surface area contributed by atoms with E-state index in [9.17, 15) is 14.9 Å². The van der Waals surface area contributed by atoms with Crippen LogP contribution < -0.4 is 5.73 Å². The lowest BCUT2D eigenvalue weighted by molar-refractivity contribution is 0.0592. The maximum atomic E-state index is 12.7. The Balaban J connectivity index is 1.91. The van der Waals surface area contributed by atoms with Gasteiger partial charge in [-0.1, -0.05) is 6.92 Å². The molecule has 0 aliphatic carbocycles. The van der Waals surface area contributed by atoms with Crippen LogP contribution in [0.1, 0.15) is 46.2 Å². The molecule has 1 atom stereocenters. The van der Waals surface area contributed by atoms with E-state index in [0.717, 1.165) is 25.9 Å². The number of nitrogens with zero attached hydrogens (tertiary/aromatic N) is 3. The van der Waals surface area contributed by atoms with E-state index in [1.807, 2.05) is 11.0 Å². The van der Waals surface area contributed by atoms with Crippen molar-refractivity contribution in [1.82, 2.24) is 9.47 Å². The van der Waals surface area contributed by atoms with Crippen LogP contribution in [0.2, 0.25) is 0 Å². The number of rotatable bonds is 3. The summed E-state index contributed by atoms with van der Waals surface area (Å²) < 4.78 is 6.29. The van der Waals surface area contributed by atoms with E-state index in [1.54, 1.807) is 24.3 Å². The van der Waals surface area contributed by atoms with Gasteiger partial charge in [0.25, 0.3) is 5.91 Å². The van der Waals surface area contributed by atoms with Gasteiger partial charge in [-0.15, -0.1) is 0 Å². The highest BCUT2D eigenvalue weighted by molar-refractivity contribution is 5.96. The van der Waals surface area contributed by atoms with Gasteiger partial charge in [-0.05, 0) is 43.0 Å². The number of benzene rings is 1. The molecule has 2 N–H and O–H groups in total. The second-order valence-electron chi connectivity index (χ2n) is 6.82. The Kier molecular flexibility index (Phi) is 5.17. The standard InChI is InChI=1S/C20H22N4O3/c1-13-4-3-9-23(11-13)19(25)14-5-7-16(8-6-14)24-12-15(10-21)17(22)18(24)20(26)27-2/h5-8,12-13H,3-4,9,11,22H2,1-2H3. The van der Waals surface area contributed by atoms with Crippen molar-refractivity contribution in [3.63, 3.8) is 0 Å². The summed E-state index contributed by atoms with van der Waals surface area (Å²) in [5, 5.41) is 9.19. The van der Waals surface area contributed by atoms with E-state index in [1.165, 1.54) is 17.9 Å². The predicted octanol–water partition coefficient (Wildman–Crippen LogP) is 2.59. The number of amides is 1. The fourth-order valence-corrected chi connectivity index (χ4v) is 3.44. The van der Waals surface area contributed by atoms with Gasteiger partial charge in [0, 0.05) is 30.5 Å². The Morgan fingerprint density at radius 3 is 2.59 bits per heavy atom. The first-order chi connectivity index (χ1) is 13.0. The zero-order valence-corrected chi connectivity index (χ0v) is 15.4. The first kappa shape index (κ1) is 18.5. The molecule has 3 rings (SSSR count). The van der Waals surface area contributed by atoms with Crippen molar-refractivity contribution in [3.05, 3.63) is 47.3 Å². The fourth-order valence-electron chi connectivity index (χ4n) is 3.44. The number of hydrogen-bond donors (Lipinski definition) is 1. The SMILES string of the molecule is COC(=O)c1c(N)c(C#N)cn1-c1ccc(C(=O)N2CCCC(C)C2)cc1. The number of carbonyl (C=O) groups is 2. The summed E-state index contributed by atoms with van der Waals surface area (Å²) in [6, 6.07) is 8.87. The molecule has 0 bridgehead atoms. The van der Waals surface area contributed by atoms with Crippen LogP contribution in [-0.4, -0.2) is 41.5 Å². The van der Waals surface area contributed by atoms with Gasteiger partial charge in [-0.2, -0.15) is 5.26 Å². The molecule has 1 amide bonds. The van der Waals surface area contributed by atoms with E-state index in [0.29, 0.717) is 17.2 Å². The molecule has 140 valence electrons. The molecule has 2 heterocycles. The molecule has 1 aromatic carbocycles. The van der Waals surface area contributed by atoms with E-state index in [2.05, 4.69) is 6.92 Å². The number of methoxy groups -OCH3 is 1. The monoisotopic (exact) mass is 366 g/mol. The van der Waals surface area contributed by atoms with Crippen LogP contribution in [0.15, 0.2) is 30.5 Å². The van der Waals surface area contributed by atoms with Crippen LogP contribution in [0.5, 0.6) is 0 Å². The second kappa shape index (κ2) is 7.54. The molecule has 2 aromatic rings. The topological polar surface area (TPSA) is 101 Å². The van der Waals surface area contributed by atoms with Crippen molar-refractivity contribution < 1.29 is 14.3 Å². The van der Waals surface area contributed by atoms with E-state index < -0.39 is 5.97 Å². The first-order valence-corrected chi connectivity index (χ1v) is 8.85. The van der Waals surface area contributed by atoms with Gasteiger partial charge in [-0.25, -0.2) is 4.79 Å². The van der Waals surface area contributed by atoms with Crippen LogP contribution >= 0.6 is 0 Å². The molecule has 0 spiro atoms. The number of likely N-dealkylation sites (tertiary alicyclic amines) is 1. The Hall–Kier alpha value is -3.27. The summed E-state index contributed by atoms with van der Waals surface area (Å²) in [7, 11) is 1.26. The average Bonchev–Trinajstić information content (AvgIpc) is 3.03. The van der Waals surface area contributed by atoms with Crippen LogP contribution in [0.3, 0.4) is 0 Å². The molecule has 1 aromatic heterocycles. The summed E-state index contributed by atoms with van der Waals surface area (Å²) in [5.41, 5.74) is 7.48. The normalized spacial score (nSPS) is 16.6. The molecule has 1 aliphatic heterocycles. The summed E-state index contributed by atoms with van der Waals surface area (Å²) in [6.45, 7) is 3.70. The first-order valence-electron chi connectivity index (χ1n) is 8.85. The molecule has 1 fully saturated rings. The highest BCUT2D eigenvalue weighted by atomic mass is 16.5. The largest absolute Gasteiger partial charge is 0.464 e. The Morgan fingerprint density at radius 1 is 1.30 bits per heavy atom. The van der Waals surface area contributed by atoms with Crippen LogP contribution in [-0.2, 0) is 4.74 Å². The number of nitriles is 1. The van der Waals surface area contributed by atoms with Gasteiger partial charge in [0.2, 0.25) is 0 Å². The lowest BCUT2D eigenvalue weighted by atomic mass is 9.99. The highest BCUT2D eigenvalue weighted by Crippen LogP contribution is 2.25. The molecular weight excluding hydrogens is 344 g/mol. The van der Waals surface area contributed by atoms with Crippen LogP contribution in [0.25, 0.3) is 5.69 Å². The number of hydrogen-bond acceptors (Lipinski definition) is 5. The number of carbonyl (C=O) groups excluding carboxylic acids is 2. The second-order valence-corrected chi connectivity index (χ2v) is 6.82. The molecule has 0 saturated carbocycles. The minimum absolute atomic E-state index is 0.00558.